The van der Waals surface area contributed by atoms with Gasteiger partial charge in [-0.15, -0.1) is 11.3 Å². The maximum atomic E-state index is 5.53. The summed E-state index contributed by atoms with van der Waals surface area (Å²) >= 11 is 1.82. The Bertz CT molecular complexity index is 711. The molecule has 1 atom stereocenters. The van der Waals surface area contributed by atoms with E-state index in [0.29, 0.717) is 12.6 Å². The number of ether oxygens (including phenoxy) is 1. The van der Waals surface area contributed by atoms with Gasteiger partial charge in [-0.05, 0) is 30.9 Å². The second-order valence-electron chi connectivity index (χ2n) is 6.74. The molecular weight excluding hydrogens is 356 g/mol. The van der Waals surface area contributed by atoms with Crippen molar-refractivity contribution < 1.29 is 4.74 Å². The molecule has 3 rings (SSSR count). The van der Waals surface area contributed by atoms with E-state index in [-0.39, 0.29) is 0 Å². The van der Waals surface area contributed by atoms with Crippen LogP contribution in [0, 0.1) is 6.92 Å². The molecule has 2 heterocycles. The van der Waals surface area contributed by atoms with E-state index in [1.807, 2.05) is 11.3 Å². The topological polar surface area (TPSA) is 48.9 Å². The summed E-state index contributed by atoms with van der Waals surface area (Å²) in [6.45, 7) is 10.1. The Hall–Kier alpha value is -1.89. The van der Waals surface area contributed by atoms with E-state index in [0.717, 1.165) is 45.4 Å². The summed E-state index contributed by atoms with van der Waals surface area (Å²) in [7, 11) is 0. The van der Waals surface area contributed by atoms with Crippen molar-refractivity contribution in [3.63, 3.8) is 0 Å². The lowest BCUT2D eigenvalue weighted by Crippen LogP contribution is -2.46. The zero-order valence-electron chi connectivity index (χ0n) is 16.3. The van der Waals surface area contributed by atoms with Gasteiger partial charge in [0, 0.05) is 31.1 Å². The first-order valence-electron chi connectivity index (χ1n) is 9.69. The van der Waals surface area contributed by atoms with Crippen molar-refractivity contribution in [2.75, 3.05) is 39.4 Å². The third-order valence-corrected chi connectivity index (χ3v) is 5.64. The highest BCUT2D eigenvalue weighted by Gasteiger charge is 2.23. The fraction of sp³-hybridized carbons (Fsp3) is 0.476. The van der Waals surface area contributed by atoms with Gasteiger partial charge in [0.25, 0.3) is 0 Å². The Morgan fingerprint density at radius 1 is 1.22 bits per heavy atom. The van der Waals surface area contributed by atoms with Crippen LogP contribution in [0.15, 0.2) is 46.8 Å². The SMILES string of the molecule is CCNC(=NCc1cccc(C)c1)NCC(c1cccs1)N1CCOCC1. The molecule has 0 bridgehead atoms. The molecule has 1 saturated heterocycles. The zero-order chi connectivity index (χ0) is 18.9. The second kappa shape index (κ2) is 10.4. The molecular formula is C21H30N4OS. The quantitative estimate of drug-likeness (QED) is 0.567. The van der Waals surface area contributed by atoms with Crippen molar-refractivity contribution in [3.05, 3.63) is 57.8 Å². The first-order valence-corrected chi connectivity index (χ1v) is 10.6. The van der Waals surface area contributed by atoms with Gasteiger partial charge in [-0.25, -0.2) is 4.99 Å². The van der Waals surface area contributed by atoms with Gasteiger partial charge >= 0.3 is 0 Å². The number of thiophene rings is 1. The number of aliphatic imine (C=N–C) groups is 1. The van der Waals surface area contributed by atoms with Crippen molar-refractivity contribution in [1.29, 1.82) is 0 Å². The van der Waals surface area contributed by atoms with E-state index in [2.05, 4.69) is 71.2 Å². The molecule has 0 spiro atoms. The number of hydrogen-bond acceptors (Lipinski definition) is 4. The number of aryl methyl sites for hydroxylation is 1. The van der Waals surface area contributed by atoms with Crippen LogP contribution in [0.3, 0.4) is 0 Å². The van der Waals surface area contributed by atoms with Crippen molar-refractivity contribution in [2.45, 2.75) is 26.4 Å². The van der Waals surface area contributed by atoms with Crippen LogP contribution in [-0.4, -0.2) is 50.3 Å². The fourth-order valence-corrected chi connectivity index (χ4v) is 4.16. The summed E-state index contributed by atoms with van der Waals surface area (Å²) in [5, 5.41) is 9.08. The number of morpholine rings is 1. The molecule has 1 aromatic carbocycles. The molecule has 0 aliphatic carbocycles. The van der Waals surface area contributed by atoms with E-state index < -0.39 is 0 Å². The molecule has 146 valence electrons. The lowest BCUT2D eigenvalue weighted by atomic mass is 10.1. The van der Waals surface area contributed by atoms with E-state index in [4.69, 9.17) is 9.73 Å². The van der Waals surface area contributed by atoms with Crippen LogP contribution >= 0.6 is 11.3 Å². The van der Waals surface area contributed by atoms with E-state index in [1.165, 1.54) is 16.0 Å². The molecule has 5 nitrogen and oxygen atoms in total. The van der Waals surface area contributed by atoms with E-state index in [9.17, 15) is 0 Å². The molecule has 2 aromatic rings. The molecule has 1 fully saturated rings. The third kappa shape index (κ3) is 6.06. The van der Waals surface area contributed by atoms with Crippen LogP contribution in [-0.2, 0) is 11.3 Å². The number of nitrogens with zero attached hydrogens (tertiary/aromatic N) is 2. The lowest BCUT2D eigenvalue weighted by Gasteiger charge is -2.34. The van der Waals surface area contributed by atoms with Gasteiger partial charge in [-0.2, -0.15) is 0 Å². The molecule has 1 aliphatic rings. The molecule has 6 heteroatoms. The molecule has 2 N–H and O–H groups in total. The van der Waals surface area contributed by atoms with Gasteiger partial charge in [0.2, 0.25) is 0 Å². The molecule has 0 amide bonds. The van der Waals surface area contributed by atoms with Crippen LogP contribution in [0.5, 0.6) is 0 Å². The normalized spacial score (nSPS) is 16.9. The summed E-state index contributed by atoms with van der Waals surface area (Å²) in [6, 6.07) is 13.2. The summed E-state index contributed by atoms with van der Waals surface area (Å²) in [5.41, 5.74) is 2.50. The van der Waals surface area contributed by atoms with Crippen molar-refractivity contribution in [2.24, 2.45) is 4.99 Å². The minimum Gasteiger partial charge on any atom is -0.379 e. The largest absolute Gasteiger partial charge is 0.379 e. The number of nitrogens with one attached hydrogen (secondary N) is 2. The smallest absolute Gasteiger partial charge is 0.191 e. The highest BCUT2D eigenvalue weighted by molar-refractivity contribution is 7.10. The predicted octanol–water partition coefficient (Wildman–Crippen LogP) is 3.19. The van der Waals surface area contributed by atoms with Crippen molar-refractivity contribution in [1.82, 2.24) is 15.5 Å². The van der Waals surface area contributed by atoms with Gasteiger partial charge in [-0.1, -0.05) is 35.9 Å². The Morgan fingerprint density at radius 3 is 2.78 bits per heavy atom. The molecule has 0 saturated carbocycles. The van der Waals surface area contributed by atoms with Gasteiger partial charge in [0.05, 0.1) is 25.8 Å². The number of rotatable bonds is 7. The van der Waals surface area contributed by atoms with Crippen LogP contribution in [0.25, 0.3) is 0 Å². The summed E-state index contributed by atoms with van der Waals surface area (Å²) < 4.78 is 5.53. The number of guanidine groups is 1. The summed E-state index contributed by atoms with van der Waals surface area (Å²) in [6.07, 6.45) is 0. The van der Waals surface area contributed by atoms with E-state index >= 15 is 0 Å². The van der Waals surface area contributed by atoms with Crippen LogP contribution in [0.2, 0.25) is 0 Å². The Balaban J connectivity index is 1.65. The van der Waals surface area contributed by atoms with Gasteiger partial charge in [-0.3, -0.25) is 4.90 Å². The monoisotopic (exact) mass is 386 g/mol. The average Bonchev–Trinajstić information content (AvgIpc) is 3.21. The summed E-state index contributed by atoms with van der Waals surface area (Å²) in [5.74, 6) is 0.869. The number of benzene rings is 1. The maximum Gasteiger partial charge on any atom is 0.191 e. The highest BCUT2D eigenvalue weighted by Crippen LogP contribution is 2.25. The highest BCUT2D eigenvalue weighted by atomic mass is 32.1. The minimum absolute atomic E-state index is 0.344. The first-order chi connectivity index (χ1) is 13.3. The van der Waals surface area contributed by atoms with E-state index in [1.54, 1.807) is 0 Å². The molecule has 1 aliphatic heterocycles. The van der Waals surface area contributed by atoms with Crippen LogP contribution in [0.4, 0.5) is 0 Å². The Morgan fingerprint density at radius 2 is 2.07 bits per heavy atom. The molecule has 1 unspecified atom stereocenters. The van der Waals surface area contributed by atoms with Gasteiger partial charge < -0.3 is 15.4 Å². The fourth-order valence-electron chi connectivity index (χ4n) is 3.30. The van der Waals surface area contributed by atoms with Crippen molar-refractivity contribution >= 4 is 17.3 Å². The Kier molecular flexibility index (Phi) is 7.68. The average molecular weight is 387 g/mol. The predicted molar refractivity (Wildman–Crippen MR) is 113 cm³/mol. The van der Waals surface area contributed by atoms with Gasteiger partial charge in [0.1, 0.15) is 0 Å². The minimum atomic E-state index is 0.344. The standard InChI is InChI=1S/C21H30N4OS/c1-3-22-21(23-15-18-7-4-6-17(2)14-18)24-16-19(20-8-5-13-27-20)25-9-11-26-12-10-25/h4-8,13-14,19H,3,9-12,15-16H2,1-2H3,(H2,22,23,24). The lowest BCUT2D eigenvalue weighted by molar-refractivity contribution is 0.0177. The van der Waals surface area contributed by atoms with Crippen molar-refractivity contribution in [3.8, 4) is 0 Å². The zero-order valence-corrected chi connectivity index (χ0v) is 17.1. The molecule has 27 heavy (non-hydrogen) atoms. The maximum absolute atomic E-state index is 5.53. The molecule has 1 aromatic heterocycles. The summed E-state index contributed by atoms with van der Waals surface area (Å²) in [4.78, 5) is 8.67. The Labute approximate surface area is 166 Å². The van der Waals surface area contributed by atoms with Gasteiger partial charge in [0.15, 0.2) is 5.96 Å². The molecule has 0 radical (unpaired) electrons. The van der Waals surface area contributed by atoms with Crippen LogP contribution < -0.4 is 10.6 Å². The third-order valence-electron chi connectivity index (χ3n) is 4.67. The number of hydrogen-bond donors (Lipinski definition) is 2. The first kappa shape index (κ1) is 19.9. The second-order valence-corrected chi connectivity index (χ2v) is 7.72. The van der Waals surface area contributed by atoms with Crippen LogP contribution in [0.1, 0.15) is 29.0 Å².